The van der Waals surface area contributed by atoms with Crippen LogP contribution in [-0.2, 0) is 5.41 Å². The number of halogens is 1. The van der Waals surface area contributed by atoms with Crippen LogP contribution in [0.1, 0.15) is 30.5 Å². The van der Waals surface area contributed by atoms with E-state index in [2.05, 4.69) is 16.3 Å². The molecule has 1 N–H and O–H groups in total. The molecule has 0 saturated heterocycles. The second kappa shape index (κ2) is 6.05. The van der Waals surface area contributed by atoms with Crippen molar-refractivity contribution in [2.75, 3.05) is 0 Å². The minimum absolute atomic E-state index is 0.0594. The number of nitrogens with zero attached hydrogens (tertiary/aromatic N) is 2. The molecular weight excluding hydrogens is 333 g/mol. The van der Waals surface area contributed by atoms with E-state index < -0.39 is 4.92 Å². The lowest BCUT2D eigenvalue weighted by atomic mass is 9.88. The second-order valence-electron chi connectivity index (χ2n) is 6.78. The average Bonchev–Trinajstić information content (AvgIpc) is 3.37. The number of aromatic nitrogens is 2. The predicted octanol–water partition coefficient (Wildman–Crippen LogP) is 5.06. The highest BCUT2D eigenvalue weighted by Crippen LogP contribution is 2.55. The molecule has 2 aliphatic carbocycles. The van der Waals surface area contributed by atoms with Crippen LogP contribution in [-0.4, -0.2) is 15.1 Å². The number of aromatic amines is 1. The van der Waals surface area contributed by atoms with Crippen LogP contribution in [0.2, 0.25) is 0 Å². The second-order valence-corrected chi connectivity index (χ2v) is 6.78. The molecule has 4 rings (SSSR count). The van der Waals surface area contributed by atoms with Crippen molar-refractivity contribution in [3.8, 4) is 11.3 Å². The largest absolute Gasteiger partial charge is 0.281 e. The Morgan fingerprint density at radius 1 is 1.19 bits per heavy atom. The van der Waals surface area contributed by atoms with Gasteiger partial charge in [0, 0.05) is 28.8 Å². The summed E-state index contributed by atoms with van der Waals surface area (Å²) in [6.45, 7) is 2.01. The topological polar surface area (TPSA) is 71.8 Å². The third-order valence-electron chi connectivity index (χ3n) is 5.22. The Balaban J connectivity index is 1.69. The van der Waals surface area contributed by atoms with Crippen molar-refractivity contribution in [2.45, 2.75) is 31.6 Å². The number of H-pyrrole nitrogens is 1. The van der Waals surface area contributed by atoms with E-state index in [0.29, 0.717) is 6.42 Å². The summed E-state index contributed by atoms with van der Waals surface area (Å²) in [5.41, 5.74) is 4.75. The molecule has 0 spiro atoms. The molecule has 0 unspecified atom stereocenters. The SMILES string of the molecule is Cc1c(-c2ccc([N+](=O)[O-])cc2)n[nH]c1C1(C2=CCC=C(F)C=C2)CC1. The number of allylic oxidation sites excluding steroid dienone is 6. The first kappa shape index (κ1) is 16.4. The van der Waals surface area contributed by atoms with E-state index in [1.54, 1.807) is 18.2 Å². The number of nitro benzene ring substituents is 1. The van der Waals surface area contributed by atoms with E-state index in [9.17, 15) is 14.5 Å². The number of rotatable bonds is 4. The monoisotopic (exact) mass is 351 g/mol. The summed E-state index contributed by atoms with van der Waals surface area (Å²) < 4.78 is 13.5. The Labute approximate surface area is 150 Å². The number of nitro groups is 1. The Bertz CT molecular complexity index is 963. The first-order valence-corrected chi connectivity index (χ1v) is 8.56. The highest BCUT2D eigenvalue weighted by molar-refractivity contribution is 5.67. The van der Waals surface area contributed by atoms with Gasteiger partial charge in [0.2, 0.25) is 0 Å². The molecule has 1 aromatic heterocycles. The van der Waals surface area contributed by atoms with E-state index in [-0.39, 0.29) is 16.9 Å². The van der Waals surface area contributed by atoms with Crippen LogP contribution in [0.25, 0.3) is 11.3 Å². The molecule has 1 heterocycles. The Morgan fingerprint density at radius 2 is 1.92 bits per heavy atom. The molecule has 5 nitrogen and oxygen atoms in total. The van der Waals surface area contributed by atoms with Gasteiger partial charge in [-0.2, -0.15) is 5.10 Å². The van der Waals surface area contributed by atoms with Crippen LogP contribution in [0.15, 0.2) is 60.0 Å². The average molecular weight is 351 g/mol. The van der Waals surface area contributed by atoms with Gasteiger partial charge in [0.15, 0.2) is 0 Å². The summed E-state index contributed by atoms with van der Waals surface area (Å²) in [6, 6.07) is 6.41. The fraction of sp³-hybridized carbons (Fsp3) is 0.250. The fourth-order valence-electron chi connectivity index (χ4n) is 3.65. The van der Waals surface area contributed by atoms with Crippen LogP contribution in [0.4, 0.5) is 10.1 Å². The van der Waals surface area contributed by atoms with E-state index >= 15 is 0 Å². The fourth-order valence-corrected chi connectivity index (χ4v) is 3.65. The first-order valence-electron chi connectivity index (χ1n) is 8.56. The van der Waals surface area contributed by atoms with Crippen molar-refractivity contribution in [1.82, 2.24) is 10.2 Å². The molecule has 0 amide bonds. The molecule has 26 heavy (non-hydrogen) atoms. The van der Waals surface area contributed by atoms with Crippen molar-refractivity contribution >= 4 is 5.69 Å². The molecule has 2 aromatic rings. The molecule has 0 aliphatic heterocycles. The minimum atomic E-state index is -0.413. The van der Waals surface area contributed by atoms with Gasteiger partial charge in [-0.1, -0.05) is 12.2 Å². The van der Waals surface area contributed by atoms with Crippen LogP contribution >= 0.6 is 0 Å². The molecule has 2 aliphatic rings. The van der Waals surface area contributed by atoms with Gasteiger partial charge in [-0.25, -0.2) is 4.39 Å². The summed E-state index contributed by atoms with van der Waals surface area (Å²) >= 11 is 0. The number of benzene rings is 1. The van der Waals surface area contributed by atoms with Gasteiger partial charge in [-0.05, 0) is 61.6 Å². The van der Waals surface area contributed by atoms with Crippen molar-refractivity contribution < 1.29 is 9.31 Å². The van der Waals surface area contributed by atoms with Gasteiger partial charge < -0.3 is 0 Å². The Hall–Kier alpha value is -3.02. The molecule has 0 bridgehead atoms. The van der Waals surface area contributed by atoms with Crippen molar-refractivity contribution in [1.29, 1.82) is 0 Å². The van der Waals surface area contributed by atoms with Crippen LogP contribution in [0, 0.1) is 17.0 Å². The molecule has 0 radical (unpaired) electrons. The Kier molecular flexibility index (Phi) is 3.83. The number of hydrogen-bond acceptors (Lipinski definition) is 3. The standard InChI is InChI=1S/C20H18FN3O2/c1-13-18(14-5-9-17(10-6-14)24(25)26)22-23-19(13)20(11-12-20)15-3-2-4-16(21)8-7-15/h3-10H,2,11-12H2,1H3,(H,22,23). The highest BCUT2D eigenvalue weighted by atomic mass is 19.1. The van der Waals surface area contributed by atoms with E-state index in [0.717, 1.165) is 40.9 Å². The normalized spacial score (nSPS) is 18.1. The maximum atomic E-state index is 13.5. The molecule has 1 aromatic carbocycles. The molecule has 0 atom stereocenters. The Morgan fingerprint density at radius 3 is 2.58 bits per heavy atom. The molecule has 1 saturated carbocycles. The van der Waals surface area contributed by atoms with Gasteiger partial charge in [0.25, 0.3) is 5.69 Å². The van der Waals surface area contributed by atoms with Gasteiger partial charge in [-0.3, -0.25) is 15.2 Å². The van der Waals surface area contributed by atoms with Crippen molar-refractivity contribution in [3.63, 3.8) is 0 Å². The molecule has 6 heteroatoms. The van der Waals surface area contributed by atoms with Gasteiger partial charge in [0.1, 0.15) is 5.83 Å². The van der Waals surface area contributed by atoms with E-state index in [4.69, 9.17) is 0 Å². The summed E-state index contributed by atoms with van der Waals surface area (Å²) in [4.78, 5) is 10.4. The number of hydrogen-bond donors (Lipinski definition) is 1. The van der Waals surface area contributed by atoms with Crippen LogP contribution in [0.5, 0.6) is 0 Å². The quantitative estimate of drug-likeness (QED) is 0.618. The zero-order chi connectivity index (χ0) is 18.3. The predicted molar refractivity (Wildman–Crippen MR) is 97.4 cm³/mol. The lowest BCUT2D eigenvalue weighted by molar-refractivity contribution is -0.384. The number of nitrogens with one attached hydrogen (secondary N) is 1. The summed E-state index contributed by atoms with van der Waals surface area (Å²) in [5.74, 6) is -0.208. The molecule has 132 valence electrons. The van der Waals surface area contributed by atoms with Crippen molar-refractivity contribution in [3.05, 3.63) is 81.3 Å². The third kappa shape index (κ3) is 2.67. The van der Waals surface area contributed by atoms with E-state index in [1.807, 2.05) is 13.0 Å². The smallest absolute Gasteiger partial charge is 0.269 e. The van der Waals surface area contributed by atoms with Crippen molar-refractivity contribution in [2.24, 2.45) is 0 Å². The summed E-state index contributed by atoms with van der Waals surface area (Å²) in [7, 11) is 0. The third-order valence-corrected chi connectivity index (χ3v) is 5.22. The lowest BCUT2D eigenvalue weighted by Gasteiger charge is -2.16. The van der Waals surface area contributed by atoms with Crippen LogP contribution < -0.4 is 0 Å². The maximum absolute atomic E-state index is 13.5. The highest BCUT2D eigenvalue weighted by Gasteiger charge is 2.49. The number of non-ortho nitro benzene ring substituents is 1. The lowest BCUT2D eigenvalue weighted by Crippen LogP contribution is -2.11. The summed E-state index contributed by atoms with van der Waals surface area (Å²) in [5, 5.41) is 18.5. The van der Waals surface area contributed by atoms with E-state index in [1.165, 1.54) is 18.2 Å². The zero-order valence-corrected chi connectivity index (χ0v) is 14.3. The maximum Gasteiger partial charge on any atom is 0.269 e. The van der Waals surface area contributed by atoms with Gasteiger partial charge in [0.05, 0.1) is 10.6 Å². The molecular formula is C20H18FN3O2. The van der Waals surface area contributed by atoms with Gasteiger partial charge in [-0.15, -0.1) is 0 Å². The molecule has 1 fully saturated rings. The zero-order valence-electron chi connectivity index (χ0n) is 14.3. The minimum Gasteiger partial charge on any atom is -0.281 e. The van der Waals surface area contributed by atoms with Gasteiger partial charge >= 0.3 is 0 Å². The van der Waals surface area contributed by atoms with Crippen LogP contribution in [0.3, 0.4) is 0 Å². The first-order chi connectivity index (χ1) is 12.5. The summed E-state index contributed by atoms with van der Waals surface area (Å²) in [6.07, 6.45) is 9.59.